The lowest BCUT2D eigenvalue weighted by Crippen LogP contribution is -2.38. The van der Waals surface area contributed by atoms with Crippen LogP contribution in [0.2, 0.25) is 0 Å². The summed E-state index contributed by atoms with van der Waals surface area (Å²) in [6, 6.07) is 10.5. The molecular formula is C12H15NO. The van der Waals surface area contributed by atoms with E-state index < -0.39 is 0 Å². The lowest BCUT2D eigenvalue weighted by Gasteiger charge is -2.27. The van der Waals surface area contributed by atoms with E-state index in [1.54, 1.807) is 0 Å². The summed E-state index contributed by atoms with van der Waals surface area (Å²) in [5.41, 5.74) is 1.36. The van der Waals surface area contributed by atoms with E-state index in [9.17, 15) is 4.79 Å². The average Bonchev–Trinajstić information content (AvgIpc) is 2.30. The predicted octanol–water partition coefficient (Wildman–Crippen LogP) is 1.72. The maximum Gasteiger partial charge on any atom is 0.136 e. The molecular weight excluding hydrogens is 174 g/mol. The second-order valence-corrected chi connectivity index (χ2v) is 3.83. The van der Waals surface area contributed by atoms with Gasteiger partial charge in [0.1, 0.15) is 6.29 Å². The quantitative estimate of drug-likeness (QED) is 0.718. The minimum Gasteiger partial charge on any atom is -0.308 e. The molecule has 1 heterocycles. The van der Waals surface area contributed by atoms with Crippen LogP contribution in [0.1, 0.15) is 24.3 Å². The van der Waals surface area contributed by atoms with Crippen molar-refractivity contribution in [3.8, 4) is 0 Å². The molecule has 1 aromatic rings. The Morgan fingerprint density at radius 3 is 2.79 bits per heavy atom. The van der Waals surface area contributed by atoms with E-state index in [1.807, 2.05) is 6.07 Å². The Bertz CT molecular complexity index is 296. The fourth-order valence-corrected chi connectivity index (χ4v) is 2.08. The molecule has 2 nitrogen and oxygen atoms in total. The summed E-state index contributed by atoms with van der Waals surface area (Å²) < 4.78 is 0. The molecule has 2 heteroatoms. The summed E-state index contributed by atoms with van der Waals surface area (Å²) in [7, 11) is 0. The van der Waals surface area contributed by atoms with E-state index in [2.05, 4.69) is 29.6 Å². The van der Waals surface area contributed by atoms with Gasteiger partial charge in [0.25, 0.3) is 0 Å². The van der Waals surface area contributed by atoms with Crippen LogP contribution >= 0.6 is 0 Å². The Morgan fingerprint density at radius 2 is 2.07 bits per heavy atom. The third-order valence-corrected chi connectivity index (χ3v) is 2.87. The number of hydrogen-bond acceptors (Lipinski definition) is 2. The van der Waals surface area contributed by atoms with Gasteiger partial charge >= 0.3 is 0 Å². The number of carbonyl (C=O) groups is 1. The van der Waals surface area contributed by atoms with Gasteiger partial charge < -0.3 is 10.1 Å². The second-order valence-electron chi connectivity index (χ2n) is 3.83. The highest BCUT2D eigenvalue weighted by atomic mass is 16.1. The first-order valence-corrected chi connectivity index (χ1v) is 5.14. The molecule has 1 aromatic carbocycles. The molecule has 1 N–H and O–H groups in total. The normalized spacial score (nSPS) is 27.1. The first-order chi connectivity index (χ1) is 6.90. The highest BCUT2D eigenvalue weighted by molar-refractivity contribution is 5.58. The Morgan fingerprint density at radius 1 is 1.29 bits per heavy atom. The maximum absolute atomic E-state index is 10.7. The highest BCUT2D eigenvalue weighted by Crippen LogP contribution is 2.26. The van der Waals surface area contributed by atoms with E-state index in [1.165, 1.54) is 5.56 Å². The van der Waals surface area contributed by atoms with E-state index >= 15 is 0 Å². The van der Waals surface area contributed by atoms with Crippen LogP contribution in [-0.4, -0.2) is 18.9 Å². The third-order valence-electron chi connectivity index (χ3n) is 2.87. The fourth-order valence-electron chi connectivity index (χ4n) is 2.08. The van der Waals surface area contributed by atoms with Crippen molar-refractivity contribution in [3.63, 3.8) is 0 Å². The average molecular weight is 189 g/mol. The molecule has 0 saturated carbocycles. The minimum absolute atomic E-state index is 0.0500. The number of benzene rings is 1. The van der Waals surface area contributed by atoms with Crippen LogP contribution in [0, 0.1) is 0 Å². The molecule has 0 aliphatic carbocycles. The molecule has 1 aliphatic rings. The molecule has 1 fully saturated rings. The fraction of sp³-hybridized carbons (Fsp3) is 0.417. The zero-order valence-electron chi connectivity index (χ0n) is 8.15. The first-order valence-electron chi connectivity index (χ1n) is 5.14. The van der Waals surface area contributed by atoms with Gasteiger partial charge in [0.15, 0.2) is 0 Å². The first kappa shape index (κ1) is 9.41. The summed E-state index contributed by atoms with van der Waals surface area (Å²) in [4.78, 5) is 10.7. The smallest absolute Gasteiger partial charge is 0.136 e. The number of nitrogens with one attached hydrogen (secondary N) is 1. The zero-order chi connectivity index (χ0) is 9.80. The van der Waals surface area contributed by atoms with Crippen LogP contribution in [0.3, 0.4) is 0 Å². The Kier molecular flexibility index (Phi) is 2.94. The topological polar surface area (TPSA) is 29.1 Å². The van der Waals surface area contributed by atoms with Crippen molar-refractivity contribution < 1.29 is 4.79 Å². The van der Waals surface area contributed by atoms with Gasteiger partial charge in [-0.1, -0.05) is 30.3 Å². The number of rotatable bonds is 2. The van der Waals surface area contributed by atoms with Crippen molar-refractivity contribution in [3.05, 3.63) is 35.9 Å². The molecule has 1 saturated heterocycles. The zero-order valence-corrected chi connectivity index (χ0v) is 8.15. The van der Waals surface area contributed by atoms with Crippen LogP contribution < -0.4 is 5.32 Å². The van der Waals surface area contributed by atoms with Crippen molar-refractivity contribution in [2.45, 2.75) is 24.8 Å². The Labute approximate surface area is 84.3 Å². The summed E-state index contributed by atoms with van der Waals surface area (Å²) in [6.45, 7) is 0.947. The van der Waals surface area contributed by atoms with Crippen LogP contribution in [0.4, 0.5) is 0 Å². The van der Waals surface area contributed by atoms with E-state index in [-0.39, 0.29) is 6.04 Å². The van der Waals surface area contributed by atoms with Gasteiger partial charge in [-0.25, -0.2) is 0 Å². The van der Waals surface area contributed by atoms with Crippen LogP contribution in [-0.2, 0) is 4.79 Å². The lowest BCUT2D eigenvalue weighted by molar-refractivity contribution is -0.110. The van der Waals surface area contributed by atoms with Gasteiger partial charge in [-0.15, -0.1) is 0 Å². The van der Waals surface area contributed by atoms with Crippen LogP contribution in [0.25, 0.3) is 0 Å². The monoisotopic (exact) mass is 189 g/mol. The van der Waals surface area contributed by atoms with Crippen molar-refractivity contribution >= 4 is 6.29 Å². The summed E-state index contributed by atoms with van der Waals surface area (Å²) >= 11 is 0. The largest absolute Gasteiger partial charge is 0.308 e. The van der Waals surface area contributed by atoms with Crippen molar-refractivity contribution in [2.24, 2.45) is 0 Å². The summed E-state index contributed by atoms with van der Waals surface area (Å²) in [6.07, 6.45) is 3.09. The van der Waals surface area contributed by atoms with Crippen molar-refractivity contribution in [2.75, 3.05) is 6.54 Å². The lowest BCUT2D eigenvalue weighted by atomic mass is 9.87. The molecule has 0 radical (unpaired) electrons. The maximum atomic E-state index is 10.7. The molecule has 1 aliphatic heterocycles. The molecule has 14 heavy (non-hydrogen) atoms. The molecule has 2 unspecified atom stereocenters. The van der Waals surface area contributed by atoms with Crippen molar-refractivity contribution in [1.29, 1.82) is 0 Å². The predicted molar refractivity (Wildman–Crippen MR) is 56.3 cm³/mol. The molecule has 2 rings (SSSR count). The van der Waals surface area contributed by atoms with Gasteiger partial charge in [-0.05, 0) is 30.9 Å². The highest BCUT2D eigenvalue weighted by Gasteiger charge is 2.21. The van der Waals surface area contributed by atoms with Gasteiger partial charge in [-0.2, -0.15) is 0 Å². The van der Waals surface area contributed by atoms with Gasteiger partial charge in [0.05, 0.1) is 6.04 Å². The standard InChI is InChI=1S/C12H15NO/c14-9-12-8-11(6-7-13-12)10-4-2-1-3-5-10/h1-5,9,11-13H,6-8H2. The van der Waals surface area contributed by atoms with Crippen LogP contribution in [0.5, 0.6) is 0 Å². The molecule has 0 amide bonds. The number of aldehydes is 1. The van der Waals surface area contributed by atoms with E-state index in [0.717, 1.165) is 25.7 Å². The van der Waals surface area contributed by atoms with Crippen LogP contribution in [0.15, 0.2) is 30.3 Å². The van der Waals surface area contributed by atoms with Gasteiger partial charge in [0.2, 0.25) is 0 Å². The third kappa shape index (κ3) is 2.02. The van der Waals surface area contributed by atoms with Gasteiger partial charge in [-0.3, -0.25) is 0 Å². The van der Waals surface area contributed by atoms with E-state index in [0.29, 0.717) is 5.92 Å². The molecule has 2 atom stereocenters. The van der Waals surface area contributed by atoms with E-state index in [4.69, 9.17) is 0 Å². The number of hydrogen-bond donors (Lipinski definition) is 1. The molecule has 0 aromatic heterocycles. The van der Waals surface area contributed by atoms with Crippen molar-refractivity contribution in [1.82, 2.24) is 5.32 Å². The Balaban J connectivity index is 2.08. The molecule has 74 valence electrons. The molecule has 0 bridgehead atoms. The molecule has 0 spiro atoms. The summed E-state index contributed by atoms with van der Waals surface area (Å²) in [5.74, 6) is 0.549. The summed E-state index contributed by atoms with van der Waals surface area (Å²) in [5, 5.41) is 3.20. The SMILES string of the molecule is O=CC1CC(c2ccccc2)CCN1. The van der Waals surface area contributed by atoms with Gasteiger partial charge in [0, 0.05) is 0 Å². The Hall–Kier alpha value is -1.15. The minimum atomic E-state index is 0.0500. The second kappa shape index (κ2) is 4.38. The number of piperidine rings is 1. The number of carbonyl (C=O) groups excluding carboxylic acids is 1.